The second-order valence-corrected chi connectivity index (χ2v) is 4.78. The number of nitrogens with one attached hydrogen (secondary N) is 1. The van der Waals surface area contributed by atoms with Gasteiger partial charge in [-0.25, -0.2) is 0 Å². The molecular weight excluding hydrogens is 266 g/mol. The molecule has 0 unspecified atom stereocenters. The molecule has 0 radical (unpaired) electrons. The Hall–Kier alpha value is -2.62. The van der Waals surface area contributed by atoms with Crippen molar-refractivity contribution in [2.24, 2.45) is 0 Å². The minimum absolute atomic E-state index is 0.0357. The van der Waals surface area contributed by atoms with Gasteiger partial charge in [0, 0.05) is 16.8 Å². The average Bonchev–Trinajstić information content (AvgIpc) is 2.47. The van der Waals surface area contributed by atoms with Gasteiger partial charge in [0.25, 0.3) is 5.91 Å². The number of rotatable bonds is 4. The summed E-state index contributed by atoms with van der Waals surface area (Å²) in [6.07, 6.45) is 0. The third-order valence-electron chi connectivity index (χ3n) is 3.18. The molecule has 2 aromatic carbocycles. The number of carbonyl (C=O) groups excluding carboxylic acids is 2. The highest BCUT2D eigenvalue weighted by molar-refractivity contribution is 6.05. The highest BCUT2D eigenvalue weighted by Gasteiger charge is 2.09. The van der Waals surface area contributed by atoms with Crippen LogP contribution in [0, 0.1) is 6.92 Å². The van der Waals surface area contributed by atoms with E-state index in [1.54, 1.807) is 49.6 Å². The summed E-state index contributed by atoms with van der Waals surface area (Å²) < 4.78 is 5.17. The molecule has 0 aliphatic carbocycles. The summed E-state index contributed by atoms with van der Waals surface area (Å²) >= 11 is 0. The fraction of sp³-hybridized carbons (Fsp3) is 0.176. The maximum Gasteiger partial charge on any atom is 0.255 e. The van der Waals surface area contributed by atoms with Gasteiger partial charge in [-0.1, -0.05) is 12.1 Å². The van der Waals surface area contributed by atoms with E-state index in [0.29, 0.717) is 16.8 Å². The van der Waals surface area contributed by atoms with E-state index in [2.05, 4.69) is 5.32 Å². The van der Waals surface area contributed by atoms with Crippen LogP contribution in [0.3, 0.4) is 0 Å². The number of Topliss-reactive ketones (excluding diaryl/α,β-unsaturated/α-hetero) is 1. The molecule has 2 aromatic rings. The lowest BCUT2D eigenvalue weighted by Gasteiger charge is -2.09. The maximum absolute atomic E-state index is 12.2. The van der Waals surface area contributed by atoms with Crippen LogP contribution in [0.1, 0.15) is 33.2 Å². The first-order chi connectivity index (χ1) is 10.0. The largest absolute Gasteiger partial charge is 0.496 e. The Morgan fingerprint density at radius 3 is 2.43 bits per heavy atom. The molecule has 108 valence electrons. The van der Waals surface area contributed by atoms with Crippen LogP contribution < -0.4 is 10.1 Å². The smallest absolute Gasteiger partial charge is 0.255 e. The number of anilines is 1. The highest BCUT2D eigenvalue weighted by Crippen LogP contribution is 2.19. The van der Waals surface area contributed by atoms with Gasteiger partial charge < -0.3 is 10.1 Å². The van der Waals surface area contributed by atoms with Crippen LogP contribution in [0.15, 0.2) is 42.5 Å². The van der Waals surface area contributed by atoms with Crippen LogP contribution in [-0.2, 0) is 0 Å². The van der Waals surface area contributed by atoms with Crippen molar-refractivity contribution in [1.82, 2.24) is 0 Å². The Morgan fingerprint density at radius 1 is 1.05 bits per heavy atom. The van der Waals surface area contributed by atoms with Crippen molar-refractivity contribution < 1.29 is 14.3 Å². The van der Waals surface area contributed by atoms with Crippen molar-refractivity contribution in [3.05, 3.63) is 59.2 Å². The molecule has 0 heterocycles. The molecule has 0 aliphatic rings. The molecule has 0 saturated carbocycles. The van der Waals surface area contributed by atoms with Crippen molar-refractivity contribution in [1.29, 1.82) is 0 Å². The fourth-order valence-electron chi connectivity index (χ4n) is 2.04. The summed E-state index contributed by atoms with van der Waals surface area (Å²) in [5, 5.41) is 2.79. The molecule has 0 bridgehead atoms. The van der Waals surface area contributed by atoms with Gasteiger partial charge in [0.1, 0.15) is 5.75 Å². The first-order valence-electron chi connectivity index (χ1n) is 6.58. The molecule has 21 heavy (non-hydrogen) atoms. The van der Waals surface area contributed by atoms with E-state index in [0.717, 1.165) is 11.3 Å². The van der Waals surface area contributed by atoms with Crippen LogP contribution in [0.4, 0.5) is 5.69 Å². The minimum atomic E-state index is -0.221. The number of benzene rings is 2. The third-order valence-corrected chi connectivity index (χ3v) is 3.18. The zero-order chi connectivity index (χ0) is 15.4. The van der Waals surface area contributed by atoms with Gasteiger partial charge in [0.15, 0.2) is 5.78 Å². The second-order valence-electron chi connectivity index (χ2n) is 4.78. The minimum Gasteiger partial charge on any atom is -0.496 e. The second kappa shape index (κ2) is 6.22. The molecule has 0 fully saturated rings. The van der Waals surface area contributed by atoms with Gasteiger partial charge in [-0.2, -0.15) is 0 Å². The van der Waals surface area contributed by atoms with Crippen molar-refractivity contribution >= 4 is 17.4 Å². The van der Waals surface area contributed by atoms with Crippen LogP contribution in [0.5, 0.6) is 5.75 Å². The summed E-state index contributed by atoms with van der Waals surface area (Å²) in [5.74, 6) is 0.484. The molecular formula is C17H17NO3. The first-order valence-corrected chi connectivity index (χ1v) is 6.58. The van der Waals surface area contributed by atoms with Gasteiger partial charge in [-0.05, 0) is 49.7 Å². The highest BCUT2D eigenvalue weighted by atomic mass is 16.5. The molecule has 4 nitrogen and oxygen atoms in total. The molecule has 1 N–H and O–H groups in total. The number of amides is 1. The zero-order valence-corrected chi connectivity index (χ0v) is 12.3. The van der Waals surface area contributed by atoms with Crippen LogP contribution in [-0.4, -0.2) is 18.8 Å². The van der Waals surface area contributed by atoms with Gasteiger partial charge in [0.05, 0.1) is 7.11 Å². The Bertz CT molecular complexity index is 692. The van der Waals surface area contributed by atoms with Crippen molar-refractivity contribution in [2.75, 3.05) is 12.4 Å². The third kappa shape index (κ3) is 3.48. The molecule has 0 atom stereocenters. The van der Waals surface area contributed by atoms with Crippen LogP contribution >= 0.6 is 0 Å². The lowest BCUT2D eigenvalue weighted by molar-refractivity contribution is 0.101. The summed E-state index contributed by atoms with van der Waals surface area (Å²) in [5.41, 5.74) is 2.60. The summed E-state index contributed by atoms with van der Waals surface area (Å²) in [7, 11) is 1.59. The molecule has 0 aliphatic heterocycles. The molecule has 4 heteroatoms. The van der Waals surface area contributed by atoms with Crippen LogP contribution in [0.2, 0.25) is 0 Å². The van der Waals surface area contributed by atoms with E-state index >= 15 is 0 Å². The van der Waals surface area contributed by atoms with Gasteiger partial charge in [-0.15, -0.1) is 0 Å². The number of hydrogen-bond acceptors (Lipinski definition) is 3. The molecule has 0 saturated heterocycles. The van der Waals surface area contributed by atoms with Gasteiger partial charge in [0.2, 0.25) is 0 Å². The quantitative estimate of drug-likeness (QED) is 0.874. The topological polar surface area (TPSA) is 55.4 Å². The Labute approximate surface area is 123 Å². The number of methoxy groups -OCH3 is 1. The summed E-state index contributed by atoms with van der Waals surface area (Å²) in [6.45, 7) is 3.37. The van der Waals surface area contributed by atoms with E-state index in [1.807, 2.05) is 6.92 Å². The van der Waals surface area contributed by atoms with Gasteiger partial charge >= 0.3 is 0 Å². The van der Waals surface area contributed by atoms with E-state index in [4.69, 9.17) is 4.74 Å². The van der Waals surface area contributed by atoms with Crippen molar-refractivity contribution in [3.8, 4) is 5.75 Å². The normalized spacial score (nSPS) is 10.0. The summed E-state index contributed by atoms with van der Waals surface area (Å²) in [6, 6.07) is 12.1. The number of ether oxygens (including phenoxy) is 1. The van der Waals surface area contributed by atoms with E-state index in [1.165, 1.54) is 6.92 Å². The van der Waals surface area contributed by atoms with E-state index in [9.17, 15) is 9.59 Å². The summed E-state index contributed by atoms with van der Waals surface area (Å²) in [4.78, 5) is 23.6. The van der Waals surface area contributed by atoms with Crippen molar-refractivity contribution in [2.45, 2.75) is 13.8 Å². The zero-order valence-electron chi connectivity index (χ0n) is 12.3. The standard InChI is InChI=1S/C17H17NO3/c1-11-9-14(7-8-16(11)21-3)17(20)18-15-6-4-5-13(10-15)12(2)19/h4-10H,1-3H3,(H,18,20). The SMILES string of the molecule is COc1ccc(C(=O)Nc2cccc(C(C)=O)c2)cc1C. The molecule has 2 rings (SSSR count). The molecule has 0 spiro atoms. The fourth-order valence-corrected chi connectivity index (χ4v) is 2.04. The average molecular weight is 283 g/mol. The monoisotopic (exact) mass is 283 g/mol. The van der Waals surface area contributed by atoms with Crippen LogP contribution in [0.25, 0.3) is 0 Å². The Kier molecular flexibility index (Phi) is 4.38. The number of ketones is 1. The number of aryl methyl sites for hydroxylation is 1. The lowest BCUT2D eigenvalue weighted by atomic mass is 10.1. The number of hydrogen-bond donors (Lipinski definition) is 1. The Balaban J connectivity index is 2.20. The molecule has 1 amide bonds. The molecule has 0 aromatic heterocycles. The number of carbonyl (C=O) groups is 2. The maximum atomic E-state index is 12.2. The lowest BCUT2D eigenvalue weighted by Crippen LogP contribution is -2.12. The predicted octanol–water partition coefficient (Wildman–Crippen LogP) is 3.46. The Morgan fingerprint density at radius 2 is 1.81 bits per heavy atom. The predicted molar refractivity (Wildman–Crippen MR) is 82.1 cm³/mol. The van der Waals surface area contributed by atoms with Gasteiger partial charge in [-0.3, -0.25) is 9.59 Å². The first kappa shape index (κ1) is 14.8. The van der Waals surface area contributed by atoms with E-state index < -0.39 is 0 Å². The van der Waals surface area contributed by atoms with Crippen molar-refractivity contribution in [3.63, 3.8) is 0 Å². The van der Waals surface area contributed by atoms with E-state index in [-0.39, 0.29) is 11.7 Å².